The van der Waals surface area contributed by atoms with Crippen LogP contribution < -0.4 is 14.9 Å². The number of rotatable bonds is 9. The van der Waals surface area contributed by atoms with Crippen molar-refractivity contribution in [2.24, 2.45) is 5.10 Å². The van der Waals surface area contributed by atoms with E-state index in [1.807, 2.05) is 12.1 Å². The fraction of sp³-hybridized carbons (Fsp3) is 0.261. The van der Waals surface area contributed by atoms with Crippen LogP contribution in [0.5, 0.6) is 11.5 Å². The number of thiophene rings is 1. The van der Waals surface area contributed by atoms with Crippen molar-refractivity contribution in [1.29, 1.82) is 0 Å². The molecule has 1 N–H and O–H groups in total. The monoisotopic (exact) mass is 498 g/mol. The quantitative estimate of drug-likeness (QED) is 0.225. The number of anilines is 1. The summed E-state index contributed by atoms with van der Waals surface area (Å²) < 4.78 is 12.2. The molecule has 1 aliphatic carbocycles. The number of aryl methyl sites for hydroxylation is 2. The van der Waals surface area contributed by atoms with Crippen LogP contribution in [0.1, 0.15) is 28.8 Å². The van der Waals surface area contributed by atoms with Gasteiger partial charge in [-0.05, 0) is 59.3 Å². The molecule has 4 rings (SSSR count). The Morgan fingerprint density at radius 2 is 1.81 bits per heavy atom. The summed E-state index contributed by atoms with van der Waals surface area (Å²) in [5.74, 6) is 2.04. The number of nitrogens with zero attached hydrogens (tertiary/aromatic N) is 3. The van der Waals surface area contributed by atoms with Crippen molar-refractivity contribution in [3.05, 3.63) is 64.2 Å². The van der Waals surface area contributed by atoms with Gasteiger partial charge in [0.25, 0.3) is 0 Å². The Hall–Kier alpha value is -2.71. The summed E-state index contributed by atoms with van der Waals surface area (Å²) >= 11 is 5.31. The third-order valence-electron chi connectivity index (χ3n) is 4.88. The van der Waals surface area contributed by atoms with Crippen LogP contribution in [-0.2, 0) is 12.8 Å². The smallest absolute Gasteiger partial charge is 0.158 e. The van der Waals surface area contributed by atoms with Crippen LogP contribution in [-0.4, -0.2) is 29.4 Å². The summed E-state index contributed by atoms with van der Waals surface area (Å²) in [6.07, 6.45) is 11.3. The molecular weight excluding hydrogens is 476 g/mol. The standard InChI is InChI=1S/C23H23BrN4O2S/c1-3-9-29-17-11-15(12-18(21(17)24)30-10-4-2)13-27-28-22-20-16-7-5-6-8-19(16)31-23(20)26-14-25-22/h3-4,11-14H,1-2,5-10H2,(H,25,26,28)/b27-13-. The molecule has 0 aliphatic heterocycles. The second-order valence-electron chi connectivity index (χ2n) is 7.01. The number of hydrogen-bond donors (Lipinski definition) is 1. The van der Waals surface area contributed by atoms with E-state index in [2.05, 4.69) is 49.6 Å². The number of fused-ring (bicyclic) bond motifs is 3. The highest BCUT2D eigenvalue weighted by molar-refractivity contribution is 9.10. The van der Waals surface area contributed by atoms with E-state index < -0.39 is 0 Å². The number of ether oxygens (including phenoxy) is 2. The number of benzene rings is 1. The maximum atomic E-state index is 5.75. The molecule has 1 aromatic carbocycles. The highest BCUT2D eigenvalue weighted by atomic mass is 79.9. The van der Waals surface area contributed by atoms with E-state index in [4.69, 9.17) is 9.47 Å². The molecule has 0 bridgehead atoms. The van der Waals surface area contributed by atoms with E-state index in [1.165, 1.54) is 23.3 Å². The molecule has 1 aliphatic rings. The van der Waals surface area contributed by atoms with Crippen LogP contribution in [0.15, 0.2) is 53.3 Å². The van der Waals surface area contributed by atoms with Gasteiger partial charge in [0.2, 0.25) is 0 Å². The second kappa shape index (κ2) is 10.1. The minimum Gasteiger partial charge on any atom is -0.488 e. The molecule has 0 fully saturated rings. The van der Waals surface area contributed by atoms with Gasteiger partial charge in [0.1, 0.15) is 40.3 Å². The van der Waals surface area contributed by atoms with Crippen LogP contribution in [0.2, 0.25) is 0 Å². The Bertz CT molecular complexity index is 1110. The van der Waals surface area contributed by atoms with E-state index in [0.29, 0.717) is 24.7 Å². The molecule has 3 aromatic rings. The average Bonchev–Trinajstić information content (AvgIpc) is 3.17. The molecule has 0 saturated carbocycles. The zero-order valence-corrected chi connectivity index (χ0v) is 19.5. The summed E-state index contributed by atoms with van der Waals surface area (Å²) in [6, 6.07) is 3.78. The van der Waals surface area contributed by atoms with Gasteiger partial charge in [-0.15, -0.1) is 11.3 Å². The molecule has 2 heterocycles. The van der Waals surface area contributed by atoms with Gasteiger partial charge in [-0.25, -0.2) is 9.97 Å². The number of hydrogen-bond acceptors (Lipinski definition) is 7. The zero-order chi connectivity index (χ0) is 21.6. The third kappa shape index (κ3) is 4.80. The minimum absolute atomic E-state index is 0.389. The summed E-state index contributed by atoms with van der Waals surface area (Å²) in [4.78, 5) is 11.3. The van der Waals surface area contributed by atoms with Gasteiger partial charge in [-0.2, -0.15) is 5.10 Å². The van der Waals surface area contributed by atoms with E-state index in [1.54, 1.807) is 36.0 Å². The number of halogens is 1. The minimum atomic E-state index is 0.389. The maximum Gasteiger partial charge on any atom is 0.158 e. The second-order valence-corrected chi connectivity index (χ2v) is 8.89. The number of hydrazone groups is 1. The van der Waals surface area contributed by atoms with Gasteiger partial charge in [-0.3, -0.25) is 5.43 Å². The van der Waals surface area contributed by atoms with Gasteiger partial charge in [0.05, 0.1) is 11.6 Å². The SMILES string of the molecule is C=CCOc1cc(/C=N\Nc2ncnc3sc4c(c23)CCCC4)cc(OCC=C)c1Br. The molecule has 0 radical (unpaired) electrons. The van der Waals surface area contributed by atoms with Gasteiger partial charge < -0.3 is 9.47 Å². The van der Waals surface area contributed by atoms with Gasteiger partial charge >= 0.3 is 0 Å². The first kappa shape index (κ1) is 21.5. The first-order valence-electron chi connectivity index (χ1n) is 10.1. The molecule has 31 heavy (non-hydrogen) atoms. The van der Waals surface area contributed by atoms with Crippen LogP contribution in [0.4, 0.5) is 5.82 Å². The van der Waals surface area contributed by atoms with Crippen molar-refractivity contribution >= 4 is 49.5 Å². The molecule has 2 aromatic heterocycles. The molecule has 0 unspecified atom stereocenters. The predicted octanol–water partition coefficient (Wildman–Crippen LogP) is 5.91. The van der Waals surface area contributed by atoms with Gasteiger partial charge in [0.15, 0.2) is 5.82 Å². The van der Waals surface area contributed by atoms with Crippen molar-refractivity contribution in [2.45, 2.75) is 25.7 Å². The lowest BCUT2D eigenvalue weighted by atomic mass is 9.97. The first-order chi connectivity index (χ1) is 15.2. The molecule has 0 spiro atoms. The van der Waals surface area contributed by atoms with Crippen LogP contribution >= 0.6 is 27.3 Å². The summed E-state index contributed by atoms with van der Waals surface area (Å²) in [5.41, 5.74) is 5.31. The number of nitrogens with one attached hydrogen (secondary N) is 1. The van der Waals surface area contributed by atoms with Crippen LogP contribution in [0.3, 0.4) is 0 Å². The van der Waals surface area contributed by atoms with E-state index in [-0.39, 0.29) is 0 Å². The van der Waals surface area contributed by atoms with E-state index in [0.717, 1.165) is 38.9 Å². The first-order valence-corrected chi connectivity index (χ1v) is 11.7. The van der Waals surface area contributed by atoms with Crippen molar-refractivity contribution in [2.75, 3.05) is 18.6 Å². The molecule has 160 valence electrons. The molecule has 0 amide bonds. The largest absolute Gasteiger partial charge is 0.488 e. The summed E-state index contributed by atoms with van der Waals surface area (Å²) in [7, 11) is 0. The zero-order valence-electron chi connectivity index (χ0n) is 17.1. The lowest BCUT2D eigenvalue weighted by Gasteiger charge is -2.12. The van der Waals surface area contributed by atoms with Crippen molar-refractivity contribution in [3.8, 4) is 11.5 Å². The van der Waals surface area contributed by atoms with E-state index >= 15 is 0 Å². The molecular formula is C23H23BrN4O2S. The Morgan fingerprint density at radius 1 is 1.10 bits per heavy atom. The molecule has 0 atom stereocenters. The fourth-order valence-corrected chi connectivity index (χ4v) is 5.20. The highest BCUT2D eigenvalue weighted by Gasteiger charge is 2.19. The summed E-state index contributed by atoms with van der Waals surface area (Å²) in [5, 5.41) is 5.53. The van der Waals surface area contributed by atoms with Crippen molar-refractivity contribution < 1.29 is 9.47 Å². The lowest BCUT2D eigenvalue weighted by Crippen LogP contribution is -2.02. The Labute approximate surface area is 193 Å². The Morgan fingerprint density at radius 3 is 2.52 bits per heavy atom. The normalized spacial score (nSPS) is 13.2. The lowest BCUT2D eigenvalue weighted by molar-refractivity contribution is 0.340. The van der Waals surface area contributed by atoms with Gasteiger partial charge in [0, 0.05) is 10.4 Å². The molecule has 0 saturated heterocycles. The Balaban J connectivity index is 1.60. The Kier molecular flexibility index (Phi) is 6.99. The van der Waals surface area contributed by atoms with Crippen LogP contribution in [0.25, 0.3) is 10.2 Å². The van der Waals surface area contributed by atoms with E-state index in [9.17, 15) is 0 Å². The van der Waals surface area contributed by atoms with Gasteiger partial charge in [-0.1, -0.05) is 25.3 Å². The topological polar surface area (TPSA) is 68.6 Å². The third-order valence-corrected chi connectivity index (χ3v) is 6.86. The van der Waals surface area contributed by atoms with Crippen molar-refractivity contribution in [3.63, 3.8) is 0 Å². The molecule has 8 heteroatoms. The fourth-order valence-electron chi connectivity index (χ4n) is 3.52. The predicted molar refractivity (Wildman–Crippen MR) is 131 cm³/mol. The highest BCUT2D eigenvalue weighted by Crippen LogP contribution is 2.38. The number of aromatic nitrogens is 2. The average molecular weight is 499 g/mol. The van der Waals surface area contributed by atoms with Crippen LogP contribution in [0, 0.1) is 0 Å². The molecule has 6 nitrogen and oxygen atoms in total. The van der Waals surface area contributed by atoms with Crippen molar-refractivity contribution in [1.82, 2.24) is 9.97 Å². The maximum absolute atomic E-state index is 5.75. The summed E-state index contributed by atoms with van der Waals surface area (Å²) in [6.45, 7) is 8.18.